The van der Waals surface area contributed by atoms with Crippen molar-refractivity contribution in [1.82, 2.24) is 9.97 Å². The SMILES string of the molecule is c1ccc(-c2cc(-c3cccc(-c4ccc5c6c(ccc5c4)-c4c(ccc5ccccc45)C64c5ccccc5-c5ccccc54)c3)nc(-c3ccccc3)n2)cc1. The van der Waals surface area contributed by atoms with E-state index in [-0.39, 0.29) is 0 Å². The van der Waals surface area contributed by atoms with Gasteiger partial charge in [-0.1, -0.05) is 188 Å². The van der Waals surface area contributed by atoms with E-state index in [0.717, 1.165) is 39.5 Å². The highest BCUT2D eigenvalue weighted by Gasteiger charge is 2.52. The predicted molar refractivity (Wildman–Crippen MR) is 235 cm³/mol. The first-order valence-electron chi connectivity index (χ1n) is 19.7. The third-order valence-corrected chi connectivity index (χ3v) is 12.3. The van der Waals surface area contributed by atoms with Crippen molar-refractivity contribution in [2.75, 3.05) is 0 Å². The second-order valence-electron chi connectivity index (χ2n) is 15.2. The number of hydrogen-bond donors (Lipinski definition) is 0. The molecule has 0 bridgehead atoms. The van der Waals surface area contributed by atoms with Crippen molar-refractivity contribution in [2.24, 2.45) is 0 Å². The maximum atomic E-state index is 5.13. The fraction of sp³-hybridized carbons (Fsp3) is 0.0182. The van der Waals surface area contributed by atoms with Gasteiger partial charge in [-0.25, -0.2) is 9.97 Å². The monoisotopic (exact) mass is 722 g/mol. The van der Waals surface area contributed by atoms with Crippen LogP contribution in [0.25, 0.3) is 88.8 Å². The van der Waals surface area contributed by atoms with Crippen molar-refractivity contribution in [2.45, 2.75) is 5.41 Å². The van der Waals surface area contributed by atoms with Gasteiger partial charge in [0.2, 0.25) is 0 Å². The third kappa shape index (κ3) is 4.65. The molecule has 0 saturated heterocycles. The maximum absolute atomic E-state index is 5.13. The molecule has 2 aliphatic rings. The first-order valence-corrected chi connectivity index (χ1v) is 19.7. The molecule has 10 aromatic rings. The fourth-order valence-electron chi connectivity index (χ4n) is 9.85. The van der Waals surface area contributed by atoms with Gasteiger partial charge < -0.3 is 0 Å². The molecule has 2 nitrogen and oxygen atoms in total. The van der Waals surface area contributed by atoms with Gasteiger partial charge in [-0.15, -0.1) is 0 Å². The molecule has 0 N–H and O–H groups in total. The van der Waals surface area contributed by atoms with Gasteiger partial charge in [0.15, 0.2) is 5.82 Å². The van der Waals surface area contributed by atoms with Crippen molar-refractivity contribution in [1.29, 1.82) is 0 Å². The molecule has 264 valence electrons. The smallest absolute Gasteiger partial charge is 0.160 e. The van der Waals surface area contributed by atoms with E-state index in [4.69, 9.17) is 9.97 Å². The topological polar surface area (TPSA) is 25.8 Å². The van der Waals surface area contributed by atoms with Crippen LogP contribution in [0.1, 0.15) is 22.3 Å². The zero-order valence-corrected chi connectivity index (χ0v) is 31.0. The molecule has 2 heteroatoms. The Labute approximate surface area is 331 Å². The Morgan fingerprint density at radius 3 is 1.68 bits per heavy atom. The molecular weight excluding hydrogens is 689 g/mol. The zero-order chi connectivity index (χ0) is 37.5. The van der Waals surface area contributed by atoms with Crippen LogP contribution in [-0.4, -0.2) is 9.97 Å². The van der Waals surface area contributed by atoms with Gasteiger partial charge in [-0.2, -0.15) is 0 Å². The largest absolute Gasteiger partial charge is 0.228 e. The molecule has 0 saturated carbocycles. The average Bonchev–Trinajstić information content (AvgIpc) is 3.77. The minimum absolute atomic E-state index is 0.428. The fourth-order valence-corrected chi connectivity index (χ4v) is 9.85. The Morgan fingerprint density at radius 1 is 0.316 bits per heavy atom. The summed E-state index contributed by atoms with van der Waals surface area (Å²) in [7, 11) is 0. The molecular formula is C55H34N2. The lowest BCUT2D eigenvalue weighted by molar-refractivity contribution is 0.802. The van der Waals surface area contributed by atoms with E-state index < -0.39 is 5.41 Å². The molecule has 0 atom stereocenters. The zero-order valence-electron chi connectivity index (χ0n) is 31.0. The van der Waals surface area contributed by atoms with Crippen molar-refractivity contribution in [3.05, 3.63) is 229 Å². The Balaban J connectivity index is 1.05. The molecule has 1 spiro atoms. The summed E-state index contributed by atoms with van der Waals surface area (Å²) in [4.78, 5) is 10.2. The van der Waals surface area contributed by atoms with Crippen LogP contribution in [0.15, 0.2) is 206 Å². The van der Waals surface area contributed by atoms with E-state index in [1.807, 2.05) is 24.3 Å². The van der Waals surface area contributed by atoms with E-state index in [1.165, 1.54) is 71.6 Å². The van der Waals surface area contributed by atoms with Crippen molar-refractivity contribution in [3.63, 3.8) is 0 Å². The molecule has 0 aliphatic heterocycles. The summed E-state index contributed by atoms with van der Waals surface area (Å²) in [6, 6.07) is 75.0. The summed E-state index contributed by atoms with van der Waals surface area (Å²) < 4.78 is 0. The minimum Gasteiger partial charge on any atom is -0.228 e. The standard InChI is InChI=1S/C55H34N2/c1-3-15-36(16-4-1)50-34-51(57-54(56-50)37-17-5-2-6-18-37)41-20-13-19-38(33-41)39-26-29-43-40(32-39)27-30-46-52-42-21-8-7-14-35(42)28-31-49(52)55(53(43)46)47-24-11-9-22-44(47)45-23-10-12-25-48(45)55/h1-34H. The number of nitrogens with zero attached hydrogens (tertiary/aromatic N) is 2. The second-order valence-corrected chi connectivity index (χ2v) is 15.2. The molecule has 0 radical (unpaired) electrons. The molecule has 12 rings (SSSR count). The third-order valence-electron chi connectivity index (χ3n) is 12.3. The number of hydrogen-bond acceptors (Lipinski definition) is 2. The minimum atomic E-state index is -0.428. The van der Waals surface area contributed by atoms with Crippen LogP contribution in [0.3, 0.4) is 0 Å². The van der Waals surface area contributed by atoms with Gasteiger partial charge in [0.25, 0.3) is 0 Å². The second kappa shape index (κ2) is 12.3. The van der Waals surface area contributed by atoms with E-state index in [0.29, 0.717) is 0 Å². The van der Waals surface area contributed by atoms with Crippen LogP contribution >= 0.6 is 0 Å². The Morgan fingerprint density at radius 2 is 0.912 bits per heavy atom. The molecule has 0 fully saturated rings. The highest BCUT2D eigenvalue weighted by atomic mass is 14.9. The lowest BCUT2D eigenvalue weighted by Crippen LogP contribution is -2.26. The molecule has 0 unspecified atom stereocenters. The highest BCUT2D eigenvalue weighted by molar-refractivity contribution is 6.11. The summed E-state index contributed by atoms with van der Waals surface area (Å²) in [5.41, 5.74) is 17.6. The molecule has 57 heavy (non-hydrogen) atoms. The first kappa shape index (κ1) is 31.9. The summed E-state index contributed by atoms with van der Waals surface area (Å²) in [6.45, 7) is 0. The quantitative estimate of drug-likeness (QED) is 0.181. The van der Waals surface area contributed by atoms with Crippen molar-refractivity contribution >= 4 is 21.5 Å². The first-order chi connectivity index (χ1) is 28.3. The van der Waals surface area contributed by atoms with Gasteiger partial charge >= 0.3 is 0 Å². The Hall–Kier alpha value is -7.42. The molecule has 0 amide bonds. The van der Waals surface area contributed by atoms with Gasteiger partial charge in [-0.3, -0.25) is 0 Å². The summed E-state index contributed by atoms with van der Waals surface area (Å²) in [5, 5.41) is 5.09. The normalized spacial score (nSPS) is 13.1. The van der Waals surface area contributed by atoms with Crippen molar-refractivity contribution in [3.8, 4) is 67.3 Å². The van der Waals surface area contributed by atoms with E-state index in [1.54, 1.807) is 0 Å². The summed E-state index contributed by atoms with van der Waals surface area (Å²) in [5.74, 6) is 0.717. The lowest BCUT2D eigenvalue weighted by Gasteiger charge is -2.31. The van der Waals surface area contributed by atoms with Gasteiger partial charge in [0, 0.05) is 16.7 Å². The Kier molecular flexibility index (Phi) is 6.88. The van der Waals surface area contributed by atoms with Crippen LogP contribution in [0, 0.1) is 0 Å². The molecule has 9 aromatic carbocycles. The predicted octanol–water partition coefficient (Wildman–Crippen LogP) is 13.8. The van der Waals surface area contributed by atoms with Gasteiger partial charge in [0.05, 0.1) is 16.8 Å². The number of fused-ring (bicyclic) bond motifs is 14. The number of benzene rings is 9. The van der Waals surface area contributed by atoms with Crippen LogP contribution < -0.4 is 0 Å². The van der Waals surface area contributed by atoms with Gasteiger partial charge in [0.1, 0.15) is 0 Å². The molecule has 1 heterocycles. The Bertz CT molecular complexity index is 3130. The van der Waals surface area contributed by atoms with Crippen LogP contribution in [0.5, 0.6) is 0 Å². The van der Waals surface area contributed by atoms with Crippen molar-refractivity contribution < 1.29 is 0 Å². The van der Waals surface area contributed by atoms with Crippen LogP contribution in [0.4, 0.5) is 0 Å². The summed E-state index contributed by atoms with van der Waals surface area (Å²) >= 11 is 0. The van der Waals surface area contributed by atoms with E-state index in [9.17, 15) is 0 Å². The molecule has 2 aliphatic carbocycles. The maximum Gasteiger partial charge on any atom is 0.160 e. The van der Waals surface area contributed by atoms with Crippen LogP contribution in [-0.2, 0) is 5.41 Å². The molecule has 1 aromatic heterocycles. The summed E-state index contributed by atoms with van der Waals surface area (Å²) in [6.07, 6.45) is 0. The number of rotatable bonds is 4. The van der Waals surface area contributed by atoms with Crippen LogP contribution in [0.2, 0.25) is 0 Å². The van der Waals surface area contributed by atoms with E-state index >= 15 is 0 Å². The van der Waals surface area contributed by atoms with Gasteiger partial charge in [-0.05, 0) is 95.4 Å². The number of aromatic nitrogens is 2. The van der Waals surface area contributed by atoms with E-state index in [2.05, 4.69) is 182 Å². The average molecular weight is 723 g/mol. The lowest BCUT2D eigenvalue weighted by atomic mass is 9.69. The highest BCUT2D eigenvalue weighted by Crippen LogP contribution is 2.65.